The van der Waals surface area contributed by atoms with E-state index in [1.807, 2.05) is 66.7 Å². The molecule has 3 N–H and O–H groups in total. The molecule has 0 fully saturated rings. The van der Waals surface area contributed by atoms with Crippen molar-refractivity contribution in [3.05, 3.63) is 101 Å². The third-order valence-corrected chi connectivity index (χ3v) is 5.64. The van der Waals surface area contributed by atoms with Crippen molar-refractivity contribution in [3.8, 4) is 0 Å². The highest BCUT2D eigenvalue weighted by atomic mass is 35.5. The van der Waals surface area contributed by atoms with E-state index in [9.17, 15) is 4.79 Å². The molecule has 0 saturated heterocycles. The molecule has 0 atom stereocenters. The molecule has 5 nitrogen and oxygen atoms in total. The minimum atomic E-state index is -0.0591. The van der Waals surface area contributed by atoms with E-state index >= 15 is 0 Å². The summed E-state index contributed by atoms with van der Waals surface area (Å²) in [4.78, 5) is 17.1. The number of carbonyl (C=O) groups is 1. The maximum atomic E-state index is 12.7. The molecule has 3 aromatic carbocycles. The van der Waals surface area contributed by atoms with E-state index in [0.717, 1.165) is 41.7 Å². The van der Waals surface area contributed by atoms with Gasteiger partial charge in [0.15, 0.2) is 0 Å². The number of nitrogens with zero attached hydrogens (tertiary/aromatic N) is 1. The molecular formula is C27H27ClN4O. The first-order valence-electron chi connectivity index (χ1n) is 11.1. The van der Waals surface area contributed by atoms with Crippen LogP contribution < -0.4 is 16.0 Å². The van der Waals surface area contributed by atoms with Gasteiger partial charge in [-0.2, -0.15) is 0 Å². The monoisotopic (exact) mass is 458 g/mol. The Balaban J connectivity index is 1.23. The van der Waals surface area contributed by atoms with Crippen LogP contribution in [0.5, 0.6) is 0 Å². The summed E-state index contributed by atoms with van der Waals surface area (Å²) < 4.78 is 0. The number of halogens is 1. The number of aromatic nitrogens is 1. The second-order valence-corrected chi connectivity index (χ2v) is 8.23. The largest absolute Gasteiger partial charge is 0.384 e. The van der Waals surface area contributed by atoms with Crippen LogP contribution in [0.3, 0.4) is 0 Å². The second kappa shape index (κ2) is 11.3. The Kier molecular flexibility index (Phi) is 7.77. The van der Waals surface area contributed by atoms with E-state index in [2.05, 4.69) is 33.1 Å². The molecule has 1 aromatic heterocycles. The second-order valence-electron chi connectivity index (χ2n) is 7.79. The predicted octanol–water partition coefficient (Wildman–Crippen LogP) is 6.12. The number of unbranched alkanes of at least 4 members (excludes halogenated alkanes) is 1. The highest BCUT2D eigenvalue weighted by Crippen LogP contribution is 2.24. The molecule has 4 aromatic rings. The number of hydrogen-bond donors (Lipinski definition) is 3. The van der Waals surface area contributed by atoms with Crippen molar-refractivity contribution in [2.24, 2.45) is 0 Å². The molecule has 0 spiro atoms. The minimum Gasteiger partial charge on any atom is -0.384 e. The molecule has 0 aliphatic carbocycles. The molecule has 0 radical (unpaired) electrons. The van der Waals surface area contributed by atoms with Gasteiger partial charge in [-0.1, -0.05) is 54.1 Å². The summed E-state index contributed by atoms with van der Waals surface area (Å²) in [5.41, 5.74) is 4.59. The van der Waals surface area contributed by atoms with Crippen molar-refractivity contribution in [1.29, 1.82) is 0 Å². The Morgan fingerprint density at radius 3 is 2.48 bits per heavy atom. The van der Waals surface area contributed by atoms with Gasteiger partial charge in [-0.05, 0) is 54.8 Å². The Hall–Kier alpha value is -3.57. The van der Waals surface area contributed by atoms with Crippen molar-refractivity contribution >= 4 is 39.8 Å². The molecule has 1 amide bonds. The van der Waals surface area contributed by atoms with Crippen LogP contribution in [0, 0.1) is 0 Å². The van der Waals surface area contributed by atoms with Crippen LogP contribution in [0.2, 0.25) is 5.02 Å². The maximum Gasteiger partial charge on any atom is 0.253 e. The summed E-state index contributed by atoms with van der Waals surface area (Å²) in [6.07, 6.45) is 3.60. The average Bonchev–Trinajstić information content (AvgIpc) is 2.85. The number of amides is 1. The van der Waals surface area contributed by atoms with Crippen molar-refractivity contribution < 1.29 is 4.79 Å². The van der Waals surface area contributed by atoms with E-state index in [-0.39, 0.29) is 5.91 Å². The number of hydrogen-bond acceptors (Lipinski definition) is 4. The topological polar surface area (TPSA) is 66.0 Å². The van der Waals surface area contributed by atoms with Crippen LogP contribution in [0.15, 0.2) is 85.1 Å². The third kappa shape index (κ3) is 6.24. The number of nitrogens with one attached hydrogen (secondary N) is 3. The number of para-hydroxylation sites is 1. The number of rotatable bonds is 10. The Morgan fingerprint density at radius 2 is 1.61 bits per heavy atom. The average molecular weight is 459 g/mol. The molecule has 0 aliphatic rings. The van der Waals surface area contributed by atoms with E-state index in [0.29, 0.717) is 23.7 Å². The van der Waals surface area contributed by atoms with Gasteiger partial charge in [-0.3, -0.25) is 9.78 Å². The summed E-state index contributed by atoms with van der Waals surface area (Å²) in [7, 11) is 0. The number of carbonyl (C=O) groups excluding carboxylic acids is 1. The Labute approximate surface area is 199 Å². The quantitative estimate of drug-likeness (QED) is 0.250. The van der Waals surface area contributed by atoms with Gasteiger partial charge in [-0.15, -0.1) is 0 Å². The molecular weight excluding hydrogens is 432 g/mol. The van der Waals surface area contributed by atoms with Gasteiger partial charge in [0, 0.05) is 47.6 Å². The summed E-state index contributed by atoms with van der Waals surface area (Å²) in [5.74, 6) is -0.0591. The van der Waals surface area contributed by atoms with Crippen LogP contribution in [0.25, 0.3) is 10.9 Å². The van der Waals surface area contributed by atoms with Gasteiger partial charge in [0.25, 0.3) is 5.91 Å². The first-order valence-corrected chi connectivity index (χ1v) is 11.5. The molecule has 4 rings (SSSR count). The minimum absolute atomic E-state index is 0.0591. The first-order chi connectivity index (χ1) is 16.2. The molecule has 33 heavy (non-hydrogen) atoms. The first kappa shape index (κ1) is 22.6. The summed E-state index contributed by atoms with van der Waals surface area (Å²) in [6, 6.07) is 25.5. The number of pyridine rings is 1. The van der Waals surface area contributed by atoms with Crippen LogP contribution in [0.4, 0.5) is 11.4 Å². The molecule has 0 bridgehead atoms. The number of benzene rings is 3. The van der Waals surface area contributed by atoms with Gasteiger partial charge >= 0.3 is 0 Å². The van der Waals surface area contributed by atoms with Gasteiger partial charge in [0.1, 0.15) is 0 Å². The van der Waals surface area contributed by atoms with Crippen molar-refractivity contribution in [1.82, 2.24) is 10.3 Å². The zero-order valence-electron chi connectivity index (χ0n) is 18.4. The van der Waals surface area contributed by atoms with Crippen LogP contribution in [0.1, 0.15) is 28.8 Å². The zero-order chi connectivity index (χ0) is 22.9. The lowest BCUT2D eigenvalue weighted by Gasteiger charge is -2.13. The van der Waals surface area contributed by atoms with Crippen molar-refractivity contribution in [2.45, 2.75) is 19.4 Å². The van der Waals surface area contributed by atoms with Gasteiger partial charge < -0.3 is 16.0 Å². The van der Waals surface area contributed by atoms with Crippen LogP contribution in [-0.2, 0) is 6.54 Å². The Morgan fingerprint density at radius 1 is 0.818 bits per heavy atom. The lowest BCUT2D eigenvalue weighted by atomic mass is 10.1. The van der Waals surface area contributed by atoms with Crippen molar-refractivity contribution in [2.75, 3.05) is 23.7 Å². The molecule has 0 saturated carbocycles. The van der Waals surface area contributed by atoms with Crippen LogP contribution in [-0.4, -0.2) is 24.0 Å². The summed E-state index contributed by atoms with van der Waals surface area (Å²) in [5, 5.41) is 11.6. The highest BCUT2D eigenvalue weighted by molar-refractivity contribution is 6.31. The van der Waals surface area contributed by atoms with E-state index in [1.54, 1.807) is 6.20 Å². The van der Waals surface area contributed by atoms with Gasteiger partial charge in [0.05, 0.1) is 11.1 Å². The van der Waals surface area contributed by atoms with Gasteiger partial charge in [-0.25, -0.2) is 0 Å². The van der Waals surface area contributed by atoms with E-state index < -0.39 is 0 Å². The highest BCUT2D eigenvalue weighted by Gasteiger charge is 2.10. The molecule has 6 heteroatoms. The summed E-state index contributed by atoms with van der Waals surface area (Å²) in [6.45, 7) is 2.11. The number of fused-ring (bicyclic) bond motifs is 1. The standard InChI is InChI=1S/C27H27ClN4O/c28-21-12-13-22-25(14-17-30-26(22)18-21)29-15-6-7-16-31-27(33)23-10-4-5-11-24(23)32-19-20-8-2-1-3-9-20/h1-5,8-14,17-18,32H,6-7,15-16,19H2,(H,29,30)(H,31,33). The smallest absolute Gasteiger partial charge is 0.253 e. The SMILES string of the molecule is O=C(NCCCCNc1ccnc2cc(Cl)ccc12)c1ccccc1NCc1ccccc1. The maximum absolute atomic E-state index is 12.7. The molecule has 168 valence electrons. The normalized spacial score (nSPS) is 10.7. The lowest BCUT2D eigenvalue weighted by Crippen LogP contribution is -2.25. The fourth-order valence-corrected chi connectivity index (χ4v) is 3.84. The molecule has 1 heterocycles. The van der Waals surface area contributed by atoms with E-state index in [1.165, 1.54) is 5.56 Å². The van der Waals surface area contributed by atoms with E-state index in [4.69, 9.17) is 11.6 Å². The fraction of sp³-hybridized carbons (Fsp3) is 0.185. The lowest BCUT2D eigenvalue weighted by molar-refractivity contribution is 0.0954. The molecule has 0 unspecified atom stereocenters. The predicted molar refractivity (Wildman–Crippen MR) is 137 cm³/mol. The number of anilines is 2. The summed E-state index contributed by atoms with van der Waals surface area (Å²) >= 11 is 6.06. The van der Waals surface area contributed by atoms with Gasteiger partial charge in [0.2, 0.25) is 0 Å². The molecule has 0 aliphatic heterocycles. The zero-order valence-corrected chi connectivity index (χ0v) is 19.1. The van der Waals surface area contributed by atoms with Crippen LogP contribution >= 0.6 is 11.6 Å². The van der Waals surface area contributed by atoms with Crippen molar-refractivity contribution in [3.63, 3.8) is 0 Å². The Bertz CT molecular complexity index is 1210. The third-order valence-electron chi connectivity index (χ3n) is 5.41. The fourth-order valence-electron chi connectivity index (χ4n) is 3.67.